The van der Waals surface area contributed by atoms with Crippen LogP contribution in [-0.4, -0.2) is 25.8 Å². The van der Waals surface area contributed by atoms with E-state index in [2.05, 4.69) is 10.5 Å². The van der Waals surface area contributed by atoms with Crippen molar-refractivity contribution in [1.82, 2.24) is 5.43 Å². The number of rotatable bonds is 6. The van der Waals surface area contributed by atoms with Crippen molar-refractivity contribution in [1.29, 1.82) is 0 Å². The fraction of sp³-hybridized carbons (Fsp3) is 0.368. The molecule has 0 aliphatic heterocycles. The van der Waals surface area contributed by atoms with E-state index in [-0.39, 0.29) is 5.91 Å². The summed E-state index contributed by atoms with van der Waals surface area (Å²) in [5.74, 6) is 0.625. The molecule has 0 saturated heterocycles. The Morgan fingerprint density at radius 2 is 2.12 bits per heavy atom. The van der Waals surface area contributed by atoms with Crippen molar-refractivity contribution < 1.29 is 14.3 Å². The van der Waals surface area contributed by atoms with Gasteiger partial charge in [0.25, 0.3) is 5.91 Å². The van der Waals surface area contributed by atoms with Gasteiger partial charge in [0.2, 0.25) is 0 Å². The number of benzene rings is 1. The SMILES string of the molecule is COCc1cc(/C(C)=N\NC(=O)c2cc3c(s2)CCC3)ccc1OC. The van der Waals surface area contributed by atoms with Crippen LogP contribution in [0.4, 0.5) is 0 Å². The number of nitrogens with one attached hydrogen (secondary N) is 1. The maximum atomic E-state index is 12.3. The number of carbonyl (C=O) groups excluding carboxylic acids is 1. The Kier molecular flexibility index (Phi) is 5.50. The molecule has 1 heterocycles. The molecule has 1 aliphatic rings. The van der Waals surface area contributed by atoms with Crippen molar-refractivity contribution in [3.8, 4) is 5.75 Å². The van der Waals surface area contributed by atoms with E-state index in [0.717, 1.165) is 40.3 Å². The average Bonchev–Trinajstić information content (AvgIpc) is 3.21. The number of hydrogen-bond donors (Lipinski definition) is 1. The Labute approximate surface area is 151 Å². The first kappa shape index (κ1) is 17.6. The van der Waals surface area contributed by atoms with Crippen molar-refractivity contribution in [2.24, 2.45) is 5.10 Å². The number of ether oxygens (including phenoxy) is 2. The molecule has 1 aliphatic carbocycles. The highest BCUT2D eigenvalue weighted by Crippen LogP contribution is 2.30. The number of carbonyl (C=O) groups is 1. The van der Waals surface area contributed by atoms with Gasteiger partial charge in [-0.3, -0.25) is 4.79 Å². The van der Waals surface area contributed by atoms with Crippen LogP contribution in [0, 0.1) is 0 Å². The van der Waals surface area contributed by atoms with Crippen LogP contribution in [0.2, 0.25) is 0 Å². The van der Waals surface area contributed by atoms with Crippen molar-refractivity contribution >= 4 is 23.0 Å². The zero-order valence-corrected chi connectivity index (χ0v) is 15.5. The first-order valence-corrected chi connectivity index (χ1v) is 9.06. The number of fused-ring (bicyclic) bond motifs is 1. The number of aryl methyl sites for hydroxylation is 2. The minimum absolute atomic E-state index is 0.149. The molecule has 1 aromatic carbocycles. The molecule has 0 unspecified atom stereocenters. The van der Waals surface area contributed by atoms with Gasteiger partial charge in [0.05, 0.1) is 24.3 Å². The van der Waals surface area contributed by atoms with Crippen LogP contribution in [-0.2, 0) is 24.2 Å². The molecule has 5 nitrogen and oxygen atoms in total. The molecule has 0 bridgehead atoms. The van der Waals surface area contributed by atoms with E-state index in [4.69, 9.17) is 9.47 Å². The normalized spacial score (nSPS) is 13.6. The summed E-state index contributed by atoms with van der Waals surface area (Å²) in [6.07, 6.45) is 3.36. The number of amides is 1. The van der Waals surface area contributed by atoms with Crippen LogP contribution in [0.15, 0.2) is 29.4 Å². The number of hydrogen-bond acceptors (Lipinski definition) is 5. The monoisotopic (exact) mass is 358 g/mol. The highest BCUT2D eigenvalue weighted by molar-refractivity contribution is 7.14. The molecule has 0 fully saturated rings. The molecule has 1 aromatic heterocycles. The van der Waals surface area contributed by atoms with E-state index in [1.54, 1.807) is 25.6 Å². The lowest BCUT2D eigenvalue weighted by Crippen LogP contribution is -2.18. The van der Waals surface area contributed by atoms with E-state index in [1.165, 1.54) is 16.9 Å². The minimum Gasteiger partial charge on any atom is -0.496 e. The Balaban J connectivity index is 1.72. The Hall–Kier alpha value is -2.18. The molecule has 132 valence electrons. The molecule has 3 rings (SSSR count). The molecule has 0 saturated carbocycles. The second-order valence-electron chi connectivity index (χ2n) is 6.01. The molecule has 2 aromatic rings. The lowest BCUT2D eigenvalue weighted by molar-refractivity contribution is 0.0959. The minimum atomic E-state index is -0.149. The molecule has 0 spiro atoms. The second kappa shape index (κ2) is 7.80. The Morgan fingerprint density at radius 1 is 1.28 bits per heavy atom. The second-order valence-corrected chi connectivity index (χ2v) is 7.15. The van der Waals surface area contributed by atoms with E-state index in [1.807, 2.05) is 31.2 Å². The molecule has 0 radical (unpaired) electrons. The van der Waals surface area contributed by atoms with Crippen LogP contribution >= 0.6 is 11.3 Å². The van der Waals surface area contributed by atoms with Gasteiger partial charge in [-0.1, -0.05) is 0 Å². The predicted molar refractivity (Wildman–Crippen MR) is 99.7 cm³/mol. The maximum absolute atomic E-state index is 12.3. The number of methoxy groups -OCH3 is 2. The zero-order chi connectivity index (χ0) is 17.8. The summed E-state index contributed by atoms with van der Waals surface area (Å²) in [4.78, 5) is 14.4. The van der Waals surface area contributed by atoms with Crippen LogP contribution < -0.4 is 10.2 Å². The van der Waals surface area contributed by atoms with Crippen molar-refractivity contribution in [2.45, 2.75) is 32.8 Å². The van der Waals surface area contributed by atoms with Gasteiger partial charge < -0.3 is 9.47 Å². The van der Waals surface area contributed by atoms with E-state index in [0.29, 0.717) is 6.61 Å². The lowest BCUT2D eigenvalue weighted by atomic mass is 10.1. The molecule has 6 heteroatoms. The Bertz CT molecular complexity index is 789. The third-order valence-electron chi connectivity index (χ3n) is 4.29. The van der Waals surface area contributed by atoms with Gasteiger partial charge >= 0.3 is 0 Å². The van der Waals surface area contributed by atoms with Gasteiger partial charge in [0.15, 0.2) is 0 Å². The maximum Gasteiger partial charge on any atom is 0.281 e. The third kappa shape index (κ3) is 3.91. The standard InChI is InChI=1S/C19H22N2O3S/c1-12(13-7-8-16(24-3)15(9-13)11-23-2)20-21-19(22)18-10-14-5-4-6-17(14)25-18/h7-10H,4-6,11H2,1-3H3,(H,21,22)/b20-12-. The zero-order valence-electron chi connectivity index (χ0n) is 14.7. The lowest BCUT2D eigenvalue weighted by Gasteiger charge is -2.10. The number of thiophene rings is 1. The molecule has 1 N–H and O–H groups in total. The molecular weight excluding hydrogens is 336 g/mol. The van der Waals surface area contributed by atoms with Crippen LogP contribution in [0.1, 0.15) is 44.6 Å². The van der Waals surface area contributed by atoms with Gasteiger partial charge in [0, 0.05) is 17.6 Å². The van der Waals surface area contributed by atoms with Gasteiger partial charge in [-0.2, -0.15) is 5.10 Å². The highest BCUT2D eigenvalue weighted by atomic mass is 32.1. The summed E-state index contributed by atoms with van der Waals surface area (Å²) in [7, 11) is 3.28. The Morgan fingerprint density at radius 3 is 2.84 bits per heavy atom. The first-order chi connectivity index (χ1) is 12.1. The molecule has 1 amide bonds. The van der Waals surface area contributed by atoms with E-state index in [9.17, 15) is 4.79 Å². The third-order valence-corrected chi connectivity index (χ3v) is 5.53. The van der Waals surface area contributed by atoms with Gasteiger partial charge in [0.1, 0.15) is 5.75 Å². The fourth-order valence-electron chi connectivity index (χ4n) is 2.97. The van der Waals surface area contributed by atoms with Crippen molar-refractivity contribution in [3.63, 3.8) is 0 Å². The van der Waals surface area contributed by atoms with Crippen LogP contribution in [0.25, 0.3) is 0 Å². The smallest absolute Gasteiger partial charge is 0.281 e. The van der Waals surface area contributed by atoms with Crippen LogP contribution in [0.3, 0.4) is 0 Å². The summed E-state index contributed by atoms with van der Waals surface area (Å²) in [5.41, 5.74) is 6.57. The molecular formula is C19H22N2O3S. The summed E-state index contributed by atoms with van der Waals surface area (Å²) < 4.78 is 10.5. The number of nitrogens with zero attached hydrogens (tertiary/aromatic N) is 1. The van der Waals surface area contributed by atoms with Crippen molar-refractivity contribution in [3.05, 3.63) is 50.7 Å². The largest absolute Gasteiger partial charge is 0.496 e. The van der Waals surface area contributed by atoms with E-state index < -0.39 is 0 Å². The van der Waals surface area contributed by atoms with E-state index >= 15 is 0 Å². The van der Waals surface area contributed by atoms with Crippen LogP contribution in [0.5, 0.6) is 5.75 Å². The molecule has 25 heavy (non-hydrogen) atoms. The average molecular weight is 358 g/mol. The quantitative estimate of drug-likeness (QED) is 0.635. The number of hydrazone groups is 1. The summed E-state index contributed by atoms with van der Waals surface area (Å²) in [6.45, 7) is 2.32. The summed E-state index contributed by atoms with van der Waals surface area (Å²) in [6, 6.07) is 7.77. The van der Waals surface area contributed by atoms with Gasteiger partial charge in [-0.15, -0.1) is 11.3 Å². The topological polar surface area (TPSA) is 59.9 Å². The predicted octanol–water partition coefficient (Wildman–Crippen LogP) is 3.55. The van der Waals surface area contributed by atoms with Gasteiger partial charge in [-0.05, 0) is 61.6 Å². The van der Waals surface area contributed by atoms with Gasteiger partial charge in [-0.25, -0.2) is 5.43 Å². The van der Waals surface area contributed by atoms with Crippen molar-refractivity contribution in [2.75, 3.05) is 14.2 Å². The highest BCUT2D eigenvalue weighted by Gasteiger charge is 2.18. The summed E-state index contributed by atoms with van der Waals surface area (Å²) in [5, 5.41) is 4.25. The molecule has 0 atom stereocenters. The first-order valence-electron chi connectivity index (χ1n) is 8.24. The fourth-order valence-corrected chi connectivity index (χ4v) is 4.11. The summed E-state index contributed by atoms with van der Waals surface area (Å²) >= 11 is 1.58.